The van der Waals surface area contributed by atoms with Crippen LogP contribution in [0.3, 0.4) is 0 Å². The van der Waals surface area contributed by atoms with Gasteiger partial charge in [-0.1, -0.05) is 24.3 Å². The molecule has 1 heterocycles. The molecule has 1 aromatic heterocycles. The monoisotopic (exact) mass is 265 g/mol. The molecule has 0 N–H and O–H groups in total. The van der Waals surface area contributed by atoms with Crippen LogP contribution in [0.25, 0.3) is 21.9 Å². The van der Waals surface area contributed by atoms with Crippen molar-refractivity contribution in [1.82, 2.24) is 0 Å². The molecule has 0 atom stereocenters. The molecule has 0 radical (unpaired) electrons. The smallest absolute Gasteiger partial charge is 0.137 e. The molecule has 0 spiro atoms. The maximum Gasteiger partial charge on any atom is 0.137 e. The van der Waals surface area contributed by atoms with Crippen molar-refractivity contribution >= 4 is 27.6 Å². The second kappa shape index (κ2) is 4.71. The van der Waals surface area contributed by atoms with Crippen LogP contribution in [-0.4, -0.2) is 6.54 Å². The highest BCUT2D eigenvalue weighted by molar-refractivity contribution is 6.12. The van der Waals surface area contributed by atoms with E-state index < -0.39 is 0 Å². The fourth-order valence-electron chi connectivity index (χ4n) is 2.79. The van der Waals surface area contributed by atoms with E-state index >= 15 is 0 Å². The molecule has 0 amide bonds. The van der Waals surface area contributed by atoms with Crippen molar-refractivity contribution in [2.75, 3.05) is 11.4 Å². The number of allylic oxidation sites excluding steroid dienone is 1. The molecular formula is C18H19NO. The molecule has 0 aliphatic rings. The van der Waals surface area contributed by atoms with Crippen LogP contribution in [0, 0.1) is 6.92 Å². The average molecular weight is 265 g/mol. The van der Waals surface area contributed by atoms with E-state index in [0.29, 0.717) is 0 Å². The number of furan rings is 1. The number of aryl methyl sites for hydroxylation is 1. The lowest BCUT2D eigenvalue weighted by Crippen LogP contribution is -2.19. The third-order valence-electron chi connectivity index (χ3n) is 3.70. The minimum Gasteiger partial charge on any atom is -0.456 e. The first-order valence-electron chi connectivity index (χ1n) is 6.96. The molecule has 102 valence electrons. The van der Waals surface area contributed by atoms with Crippen molar-refractivity contribution in [2.24, 2.45) is 0 Å². The van der Waals surface area contributed by atoms with Crippen LogP contribution in [0.5, 0.6) is 0 Å². The van der Waals surface area contributed by atoms with Gasteiger partial charge in [0.1, 0.15) is 11.2 Å². The Labute approximate surface area is 119 Å². The summed E-state index contributed by atoms with van der Waals surface area (Å²) in [5, 5.41) is 2.35. The van der Waals surface area contributed by atoms with E-state index in [0.717, 1.165) is 23.4 Å². The first kappa shape index (κ1) is 12.8. The lowest BCUT2D eigenvalue weighted by atomic mass is 10.1. The molecule has 0 aliphatic carbocycles. The molecule has 20 heavy (non-hydrogen) atoms. The van der Waals surface area contributed by atoms with Gasteiger partial charge in [-0.15, -0.1) is 0 Å². The largest absolute Gasteiger partial charge is 0.456 e. The SMILES string of the molecule is C=C(C)N(CC)c1cccc2oc3ccc(C)cc3c12. The Balaban J connectivity index is 2.40. The Morgan fingerprint density at radius 3 is 2.70 bits per heavy atom. The molecule has 2 heteroatoms. The van der Waals surface area contributed by atoms with Gasteiger partial charge in [0.15, 0.2) is 0 Å². The Hall–Kier alpha value is -2.22. The van der Waals surface area contributed by atoms with Crippen molar-refractivity contribution in [3.63, 3.8) is 0 Å². The van der Waals surface area contributed by atoms with Gasteiger partial charge < -0.3 is 9.32 Å². The number of benzene rings is 2. The highest BCUT2D eigenvalue weighted by Gasteiger charge is 2.15. The zero-order chi connectivity index (χ0) is 14.3. The van der Waals surface area contributed by atoms with E-state index in [1.807, 2.05) is 25.1 Å². The number of rotatable bonds is 3. The number of fused-ring (bicyclic) bond motifs is 3. The number of anilines is 1. The van der Waals surface area contributed by atoms with Gasteiger partial charge in [-0.2, -0.15) is 0 Å². The van der Waals surface area contributed by atoms with Gasteiger partial charge in [-0.05, 0) is 45.0 Å². The molecule has 2 nitrogen and oxygen atoms in total. The van der Waals surface area contributed by atoms with Gasteiger partial charge in [-0.3, -0.25) is 0 Å². The zero-order valence-corrected chi connectivity index (χ0v) is 12.2. The summed E-state index contributed by atoms with van der Waals surface area (Å²) >= 11 is 0. The third-order valence-corrected chi connectivity index (χ3v) is 3.70. The summed E-state index contributed by atoms with van der Waals surface area (Å²) in [6.45, 7) is 11.3. The minimum absolute atomic E-state index is 0.896. The molecule has 0 fully saturated rings. The van der Waals surface area contributed by atoms with Crippen molar-refractivity contribution in [1.29, 1.82) is 0 Å². The summed E-state index contributed by atoms with van der Waals surface area (Å²) in [6, 6.07) is 12.5. The lowest BCUT2D eigenvalue weighted by Gasteiger charge is -2.23. The van der Waals surface area contributed by atoms with E-state index in [9.17, 15) is 0 Å². The summed E-state index contributed by atoms with van der Waals surface area (Å²) in [4.78, 5) is 2.22. The highest BCUT2D eigenvalue weighted by Crippen LogP contribution is 2.37. The predicted molar refractivity (Wildman–Crippen MR) is 86.3 cm³/mol. The summed E-state index contributed by atoms with van der Waals surface area (Å²) in [5.41, 5.74) is 5.33. The van der Waals surface area contributed by atoms with Crippen molar-refractivity contribution < 1.29 is 4.42 Å². The average Bonchev–Trinajstić information content (AvgIpc) is 2.77. The summed E-state index contributed by atoms with van der Waals surface area (Å²) in [6.07, 6.45) is 0. The standard InChI is InChI=1S/C18H19NO/c1-5-19(12(2)3)15-7-6-8-17-18(15)14-11-13(4)9-10-16(14)20-17/h6-11H,2,5H2,1,3-4H3. The van der Waals surface area contributed by atoms with Gasteiger partial charge in [0.05, 0.1) is 11.1 Å². The topological polar surface area (TPSA) is 16.4 Å². The van der Waals surface area contributed by atoms with E-state index in [1.54, 1.807) is 0 Å². The maximum atomic E-state index is 5.97. The predicted octanol–water partition coefficient (Wildman–Crippen LogP) is 5.25. The van der Waals surface area contributed by atoms with Gasteiger partial charge in [0, 0.05) is 17.6 Å². The molecule has 3 rings (SSSR count). The van der Waals surface area contributed by atoms with Crippen molar-refractivity contribution in [3.8, 4) is 0 Å². The number of hydrogen-bond acceptors (Lipinski definition) is 2. The zero-order valence-electron chi connectivity index (χ0n) is 12.2. The normalized spacial score (nSPS) is 11.2. The lowest BCUT2D eigenvalue weighted by molar-refractivity contribution is 0.669. The highest BCUT2D eigenvalue weighted by atomic mass is 16.3. The fourth-order valence-corrected chi connectivity index (χ4v) is 2.79. The third kappa shape index (κ3) is 1.88. The van der Waals surface area contributed by atoms with E-state index in [4.69, 9.17) is 4.42 Å². The fraction of sp³-hybridized carbons (Fsp3) is 0.222. The van der Waals surface area contributed by atoms with E-state index in [2.05, 4.69) is 43.5 Å². The van der Waals surface area contributed by atoms with E-state index in [-0.39, 0.29) is 0 Å². The van der Waals surface area contributed by atoms with Crippen LogP contribution >= 0.6 is 0 Å². The molecule has 0 saturated carbocycles. The Morgan fingerprint density at radius 2 is 2.00 bits per heavy atom. The quantitative estimate of drug-likeness (QED) is 0.642. The van der Waals surface area contributed by atoms with Crippen LogP contribution in [0.2, 0.25) is 0 Å². The van der Waals surface area contributed by atoms with Gasteiger partial charge in [-0.25, -0.2) is 0 Å². The van der Waals surface area contributed by atoms with Crippen LogP contribution in [-0.2, 0) is 0 Å². The number of hydrogen-bond donors (Lipinski definition) is 0. The Kier molecular flexibility index (Phi) is 3.01. The molecule has 0 unspecified atom stereocenters. The summed E-state index contributed by atoms with van der Waals surface area (Å²) in [5.74, 6) is 0. The first-order valence-corrected chi connectivity index (χ1v) is 6.96. The minimum atomic E-state index is 0.896. The maximum absolute atomic E-state index is 5.97. The van der Waals surface area contributed by atoms with Crippen molar-refractivity contribution in [2.45, 2.75) is 20.8 Å². The molecule has 0 aliphatic heterocycles. The Morgan fingerprint density at radius 1 is 1.20 bits per heavy atom. The molecule has 2 aromatic carbocycles. The molecule has 0 bridgehead atoms. The van der Waals surface area contributed by atoms with E-state index in [1.165, 1.54) is 22.0 Å². The number of nitrogens with zero attached hydrogens (tertiary/aromatic N) is 1. The van der Waals surface area contributed by atoms with Crippen LogP contribution < -0.4 is 4.90 Å². The van der Waals surface area contributed by atoms with Gasteiger partial charge in [0.2, 0.25) is 0 Å². The Bertz CT molecular complexity index is 798. The van der Waals surface area contributed by atoms with Crippen molar-refractivity contribution in [3.05, 3.63) is 54.2 Å². The second-order valence-corrected chi connectivity index (χ2v) is 5.23. The molecular weight excluding hydrogens is 246 g/mol. The van der Waals surface area contributed by atoms with Crippen LogP contribution in [0.1, 0.15) is 19.4 Å². The van der Waals surface area contributed by atoms with Gasteiger partial charge in [0.25, 0.3) is 0 Å². The van der Waals surface area contributed by atoms with Crippen LogP contribution in [0.4, 0.5) is 5.69 Å². The molecule has 3 aromatic rings. The second-order valence-electron chi connectivity index (χ2n) is 5.23. The van der Waals surface area contributed by atoms with Crippen LogP contribution in [0.15, 0.2) is 53.1 Å². The summed E-state index contributed by atoms with van der Waals surface area (Å²) < 4.78 is 5.97. The first-order chi connectivity index (χ1) is 9.61. The summed E-state index contributed by atoms with van der Waals surface area (Å²) in [7, 11) is 0. The molecule has 0 saturated heterocycles. The van der Waals surface area contributed by atoms with Gasteiger partial charge >= 0.3 is 0 Å².